The predicted molar refractivity (Wildman–Crippen MR) is 65.6 cm³/mol. The van der Waals surface area contributed by atoms with Crippen LogP contribution in [-0.4, -0.2) is 31.4 Å². The zero-order valence-electron chi connectivity index (χ0n) is 9.64. The van der Waals surface area contributed by atoms with Crippen molar-refractivity contribution in [2.24, 2.45) is 0 Å². The number of sulfonamides is 1. The van der Waals surface area contributed by atoms with Crippen molar-refractivity contribution in [3.8, 4) is 0 Å². The lowest BCUT2D eigenvalue weighted by Gasteiger charge is -2.06. The van der Waals surface area contributed by atoms with Crippen LogP contribution in [0.4, 0.5) is 5.82 Å². The Morgan fingerprint density at radius 1 is 1.41 bits per heavy atom. The van der Waals surface area contributed by atoms with Crippen LogP contribution in [0.2, 0.25) is 0 Å². The van der Waals surface area contributed by atoms with Crippen LogP contribution in [-0.2, 0) is 10.0 Å². The van der Waals surface area contributed by atoms with Gasteiger partial charge >= 0.3 is 0 Å². The van der Waals surface area contributed by atoms with Gasteiger partial charge < -0.3 is 5.32 Å². The number of nitrogens with zero attached hydrogens (tertiary/aromatic N) is 2. The summed E-state index contributed by atoms with van der Waals surface area (Å²) in [5, 5.41) is 2.93. The van der Waals surface area contributed by atoms with Crippen molar-refractivity contribution in [3.05, 3.63) is 24.4 Å². The van der Waals surface area contributed by atoms with Crippen LogP contribution in [0, 0.1) is 0 Å². The molecule has 17 heavy (non-hydrogen) atoms. The molecule has 0 unspecified atom stereocenters. The fourth-order valence-corrected chi connectivity index (χ4v) is 2.98. The molecule has 2 aromatic heterocycles. The van der Waals surface area contributed by atoms with Crippen molar-refractivity contribution in [1.82, 2.24) is 14.1 Å². The first-order valence-electron chi connectivity index (χ1n) is 5.24. The molecule has 0 radical (unpaired) electrons. The summed E-state index contributed by atoms with van der Waals surface area (Å²) in [6.07, 6.45) is 1.67. The summed E-state index contributed by atoms with van der Waals surface area (Å²) in [5.41, 5.74) is 0.591. The molecule has 0 saturated carbocycles. The molecule has 7 heteroatoms. The highest BCUT2D eigenvalue weighted by molar-refractivity contribution is 7.89. The Morgan fingerprint density at radius 2 is 2.18 bits per heavy atom. The molecule has 0 spiro atoms. The summed E-state index contributed by atoms with van der Waals surface area (Å²) in [7, 11) is -1.90. The van der Waals surface area contributed by atoms with Gasteiger partial charge in [-0.25, -0.2) is 18.1 Å². The highest BCUT2D eigenvalue weighted by Gasteiger charge is 2.23. The second kappa shape index (κ2) is 4.34. The van der Waals surface area contributed by atoms with Gasteiger partial charge in [0.25, 0.3) is 10.0 Å². The van der Waals surface area contributed by atoms with E-state index in [0.717, 1.165) is 0 Å². The summed E-state index contributed by atoms with van der Waals surface area (Å²) < 4.78 is 28.2. The van der Waals surface area contributed by atoms with E-state index >= 15 is 0 Å². The molecule has 0 amide bonds. The fourth-order valence-electron chi connectivity index (χ4n) is 1.65. The van der Waals surface area contributed by atoms with Crippen LogP contribution in [0.5, 0.6) is 0 Å². The van der Waals surface area contributed by atoms with Gasteiger partial charge in [-0.05, 0) is 12.1 Å². The maximum absolute atomic E-state index is 12.1. The zero-order valence-corrected chi connectivity index (χ0v) is 10.5. The number of rotatable bonds is 4. The summed E-state index contributed by atoms with van der Waals surface area (Å²) in [6, 6.07) is 5.33. The van der Waals surface area contributed by atoms with Crippen molar-refractivity contribution < 1.29 is 8.42 Å². The Balaban J connectivity index is 2.74. The van der Waals surface area contributed by atoms with Gasteiger partial charge in [-0.1, -0.05) is 13.0 Å². The monoisotopic (exact) mass is 254 g/mol. The maximum atomic E-state index is 12.1. The number of imidazole rings is 1. The fraction of sp³-hybridized carbons (Fsp3) is 0.300. The van der Waals surface area contributed by atoms with Crippen molar-refractivity contribution in [3.63, 3.8) is 0 Å². The SMILES string of the molecule is CCNS(=O)(=O)c1c(NC)nc2ccccn12. The minimum Gasteiger partial charge on any atom is -0.371 e. The Labute approximate surface area is 99.7 Å². The van der Waals surface area contributed by atoms with Crippen LogP contribution < -0.4 is 10.0 Å². The first-order chi connectivity index (χ1) is 8.10. The number of nitrogens with one attached hydrogen (secondary N) is 2. The molecule has 0 aliphatic heterocycles. The first kappa shape index (κ1) is 11.9. The number of pyridine rings is 1. The number of fused-ring (bicyclic) bond motifs is 1. The molecule has 2 N–H and O–H groups in total. The molecule has 92 valence electrons. The van der Waals surface area contributed by atoms with Crippen molar-refractivity contribution in [2.45, 2.75) is 11.9 Å². The smallest absolute Gasteiger partial charge is 0.260 e. The third-order valence-electron chi connectivity index (χ3n) is 2.31. The molecule has 0 bridgehead atoms. The molecule has 0 saturated heterocycles. The lowest BCUT2D eigenvalue weighted by atomic mass is 10.5. The van der Waals surface area contributed by atoms with E-state index in [9.17, 15) is 8.42 Å². The molecule has 0 aliphatic carbocycles. The largest absolute Gasteiger partial charge is 0.371 e. The van der Waals surface area contributed by atoms with E-state index in [1.807, 2.05) is 6.07 Å². The van der Waals surface area contributed by atoms with Gasteiger partial charge in [0.1, 0.15) is 5.65 Å². The van der Waals surface area contributed by atoms with E-state index in [-0.39, 0.29) is 5.03 Å². The molecule has 0 aromatic carbocycles. The number of hydrogen-bond donors (Lipinski definition) is 2. The van der Waals surface area contributed by atoms with Gasteiger partial charge in [0.05, 0.1) is 0 Å². The summed E-state index contributed by atoms with van der Waals surface area (Å²) in [4.78, 5) is 4.21. The van der Waals surface area contributed by atoms with Crippen molar-refractivity contribution in [1.29, 1.82) is 0 Å². The van der Waals surface area contributed by atoms with E-state index in [1.165, 1.54) is 0 Å². The number of anilines is 1. The van der Waals surface area contributed by atoms with Gasteiger partial charge in [0.15, 0.2) is 10.8 Å². The van der Waals surface area contributed by atoms with E-state index in [0.29, 0.717) is 18.0 Å². The second-order valence-electron chi connectivity index (χ2n) is 3.45. The third kappa shape index (κ3) is 1.98. The minimum atomic E-state index is -3.55. The lowest BCUT2D eigenvalue weighted by molar-refractivity contribution is 0.579. The minimum absolute atomic E-state index is 0.137. The molecule has 2 heterocycles. The Kier molecular flexibility index (Phi) is 3.03. The van der Waals surface area contributed by atoms with Crippen LogP contribution in [0.1, 0.15) is 6.92 Å². The summed E-state index contributed by atoms with van der Waals surface area (Å²) >= 11 is 0. The Bertz CT molecular complexity index is 633. The van der Waals surface area contributed by atoms with Gasteiger partial charge in [0, 0.05) is 19.8 Å². The second-order valence-corrected chi connectivity index (χ2v) is 5.13. The topological polar surface area (TPSA) is 75.5 Å². The van der Waals surface area contributed by atoms with Crippen molar-refractivity contribution >= 4 is 21.5 Å². The average Bonchev–Trinajstić information content (AvgIpc) is 2.67. The number of hydrogen-bond acceptors (Lipinski definition) is 4. The molecule has 2 aromatic rings. The van der Waals surface area contributed by atoms with E-state index in [4.69, 9.17) is 0 Å². The standard InChI is InChI=1S/C10H14N4O2S/c1-3-12-17(15,16)10-9(11-2)13-8-6-4-5-7-14(8)10/h4-7,11-12H,3H2,1-2H3. The molecule has 0 atom stereocenters. The van der Waals surface area contributed by atoms with Crippen molar-refractivity contribution in [2.75, 3.05) is 18.9 Å². The quantitative estimate of drug-likeness (QED) is 0.841. The van der Waals surface area contributed by atoms with Crippen LogP contribution >= 0.6 is 0 Å². The zero-order chi connectivity index (χ0) is 12.5. The summed E-state index contributed by atoms with van der Waals surface area (Å²) in [5.74, 6) is 0.345. The average molecular weight is 254 g/mol. The Morgan fingerprint density at radius 3 is 2.82 bits per heavy atom. The number of aromatic nitrogens is 2. The molecular weight excluding hydrogens is 240 g/mol. The van der Waals surface area contributed by atoms with Gasteiger partial charge in [-0.15, -0.1) is 0 Å². The van der Waals surface area contributed by atoms with Gasteiger partial charge in [-0.2, -0.15) is 0 Å². The molecule has 6 nitrogen and oxygen atoms in total. The lowest BCUT2D eigenvalue weighted by Crippen LogP contribution is -2.25. The van der Waals surface area contributed by atoms with Crippen LogP contribution in [0.25, 0.3) is 5.65 Å². The van der Waals surface area contributed by atoms with E-state index in [2.05, 4.69) is 15.0 Å². The summed E-state index contributed by atoms with van der Waals surface area (Å²) in [6.45, 7) is 2.07. The maximum Gasteiger partial charge on any atom is 0.260 e. The predicted octanol–water partition coefficient (Wildman–Crippen LogP) is 0.674. The van der Waals surface area contributed by atoms with Gasteiger partial charge in [0.2, 0.25) is 0 Å². The highest BCUT2D eigenvalue weighted by Crippen LogP contribution is 2.21. The highest BCUT2D eigenvalue weighted by atomic mass is 32.2. The normalized spacial score (nSPS) is 11.9. The molecule has 2 rings (SSSR count). The molecule has 0 fully saturated rings. The molecule has 0 aliphatic rings. The van der Waals surface area contributed by atoms with E-state index < -0.39 is 10.0 Å². The molecular formula is C10H14N4O2S. The Hall–Kier alpha value is -1.60. The van der Waals surface area contributed by atoms with Crippen LogP contribution in [0.15, 0.2) is 29.4 Å². The van der Waals surface area contributed by atoms with Crippen LogP contribution in [0.3, 0.4) is 0 Å². The third-order valence-corrected chi connectivity index (χ3v) is 3.88. The van der Waals surface area contributed by atoms with Gasteiger partial charge in [-0.3, -0.25) is 4.40 Å². The first-order valence-corrected chi connectivity index (χ1v) is 6.73. The van der Waals surface area contributed by atoms with E-state index in [1.54, 1.807) is 36.7 Å².